The third-order valence-corrected chi connectivity index (χ3v) is 7.36. The lowest BCUT2D eigenvalue weighted by atomic mass is 9.96. The number of carbonyl (C=O) groups is 2. The number of benzene rings is 2. The maximum atomic E-state index is 12.3. The molecule has 5 aromatic rings. The molecule has 5 N–H and O–H groups in total. The molecule has 0 saturated carbocycles. The summed E-state index contributed by atoms with van der Waals surface area (Å²) < 4.78 is 6.36. The number of amides is 2. The zero-order chi connectivity index (χ0) is 29.1. The summed E-state index contributed by atoms with van der Waals surface area (Å²) in [5.74, 6) is -0.227. The molecule has 0 aliphatic carbocycles. The van der Waals surface area contributed by atoms with Crippen LogP contribution >= 0.6 is 11.3 Å². The molecule has 0 bridgehead atoms. The molecule has 3 aromatic heterocycles. The average molecular weight is 562 g/mol. The Hall–Kier alpha value is -5.60. The first kappa shape index (κ1) is 27.0. The summed E-state index contributed by atoms with van der Waals surface area (Å²) in [4.78, 5) is 37.7. The predicted molar refractivity (Wildman–Crippen MR) is 158 cm³/mol. The van der Waals surface area contributed by atoms with E-state index in [9.17, 15) is 14.9 Å². The van der Waals surface area contributed by atoms with Crippen molar-refractivity contribution in [3.63, 3.8) is 0 Å². The van der Waals surface area contributed by atoms with Crippen molar-refractivity contribution in [2.45, 2.75) is 13.8 Å². The fourth-order valence-electron chi connectivity index (χ4n) is 4.28. The fraction of sp³-hybridized carbons (Fsp3) is 0.0667. The maximum Gasteiger partial charge on any atom is 0.322 e. The van der Waals surface area contributed by atoms with Crippen molar-refractivity contribution >= 4 is 44.7 Å². The number of nitrogens with zero attached hydrogens (tertiary/aromatic N) is 4. The zero-order valence-corrected chi connectivity index (χ0v) is 22.8. The minimum Gasteiger partial charge on any atom is -0.424 e. The summed E-state index contributed by atoms with van der Waals surface area (Å²) in [7, 11) is 0. The lowest BCUT2D eigenvalue weighted by Gasteiger charge is -2.11. The van der Waals surface area contributed by atoms with Crippen LogP contribution < -0.4 is 21.5 Å². The number of nitrogen functional groups attached to an aromatic ring is 1. The lowest BCUT2D eigenvalue weighted by Crippen LogP contribution is -2.11. The molecule has 2 amide bonds. The number of hydrogen-bond acceptors (Lipinski definition) is 9. The highest BCUT2D eigenvalue weighted by Crippen LogP contribution is 2.48. The monoisotopic (exact) mass is 561 g/mol. The number of nitriles is 1. The number of ether oxygens (including phenoxy) is 1. The first-order valence-corrected chi connectivity index (χ1v) is 13.2. The Morgan fingerprint density at radius 1 is 1.12 bits per heavy atom. The van der Waals surface area contributed by atoms with Crippen LogP contribution in [0.15, 0.2) is 73.1 Å². The molecule has 0 radical (unpaired) electrons. The van der Waals surface area contributed by atoms with E-state index in [1.54, 1.807) is 55.6 Å². The summed E-state index contributed by atoms with van der Waals surface area (Å²) in [6.45, 7) is 3.58. The lowest BCUT2D eigenvalue weighted by molar-refractivity contribution is -0.111. The second kappa shape index (κ2) is 11.3. The van der Waals surface area contributed by atoms with Crippen molar-refractivity contribution in [3.05, 3.63) is 89.9 Å². The van der Waals surface area contributed by atoms with E-state index in [0.717, 1.165) is 11.3 Å². The van der Waals surface area contributed by atoms with Gasteiger partial charge in [0.15, 0.2) is 0 Å². The molecular formula is C30H23N7O3S. The van der Waals surface area contributed by atoms with Gasteiger partial charge in [-0.1, -0.05) is 24.3 Å². The van der Waals surface area contributed by atoms with Crippen molar-refractivity contribution < 1.29 is 14.3 Å². The highest BCUT2D eigenvalue weighted by atomic mass is 32.1. The van der Waals surface area contributed by atoms with Crippen LogP contribution in [0.3, 0.4) is 0 Å². The number of fused-ring (bicyclic) bond motifs is 1. The molecule has 5 rings (SSSR count). The van der Waals surface area contributed by atoms with Gasteiger partial charge in [-0.05, 0) is 55.8 Å². The molecular weight excluding hydrogens is 538 g/mol. The van der Waals surface area contributed by atoms with Gasteiger partial charge in [0.1, 0.15) is 11.6 Å². The van der Waals surface area contributed by atoms with Gasteiger partial charge in [0.25, 0.3) is 5.91 Å². The Morgan fingerprint density at radius 3 is 2.59 bits per heavy atom. The number of thiophene rings is 1. The molecule has 2 aromatic carbocycles. The number of aryl methyl sites for hydroxylation is 1. The number of nitrogens with two attached hydrogens (primary N) is 2. The van der Waals surface area contributed by atoms with E-state index in [4.69, 9.17) is 16.2 Å². The first-order valence-electron chi connectivity index (χ1n) is 12.4. The number of nitrogens with one attached hydrogen (secondary N) is 1. The summed E-state index contributed by atoms with van der Waals surface area (Å²) in [5.41, 5.74) is 15.8. The highest BCUT2D eigenvalue weighted by molar-refractivity contribution is 7.23. The molecule has 0 unspecified atom stereocenters. The predicted octanol–water partition coefficient (Wildman–Crippen LogP) is 5.59. The van der Waals surface area contributed by atoms with Crippen LogP contribution in [0.2, 0.25) is 0 Å². The number of anilines is 2. The Labute approximate surface area is 239 Å². The summed E-state index contributed by atoms with van der Waals surface area (Å²) in [5, 5.41) is 13.4. The van der Waals surface area contributed by atoms with Gasteiger partial charge in [-0.3, -0.25) is 9.59 Å². The summed E-state index contributed by atoms with van der Waals surface area (Å²) >= 11 is 1.29. The van der Waals surface area contributed by atoms with E-state index in [1.807, 2.05) is 19.1 Å². The van der Waals surface area contributed by atoms with Gasteiger partial charge in [-0.2, -0.15) is 5.26 Å². The number of hydrogen-bond donors (Lipinski definition) is 3. The van der Waals surface area contributed by atoms with E-state index in [-0.39, 0.29) is 23.3 Å². The second-order valence-electron chi connectivity index (χ2n) is 8.90. The van der Waals surface area contributed by atoms with E-state index in [2.05, 4.69) is 26.3 Å². The number of primary amides is 1. The Morgan fingerprint density at radius 2 is 1.90 bits per heavy atom. The van der Waals surface area contributed by atoms with Crippen LogP contribution in [0.5, 0.6) is 11.8 Å². The number of rotatable bonds is 7. The fourth-order valence-corrected chi connectivity index (χ4v) is 5.67. The molecule has 0 spiro atoms. The quantitative estimate of drug-likeness (QED) is 0.216. The standard InChI is InChI=1S/C30H23N7O3S/c1-3-4-23(38)37-19-7-10-21(18(13-19)14-31)26-24(25-27(41-26)22(29(33)39)15-35-28(25)32)17-5-8-20(9-6-17)40-30-34-12-11-16(2)36-30/h3-13,15H,1-2H3,(H2,32,35)(H2,33,39)(H,37,38). The minimum atomic E-state index is -0.647. The largest absolute Gasteiger partial charge is 0.424 e. The van der Waals surface area contributed by atoms with Crippen molar-refractivity contribution in [1.82, 2.24) is 15.0 Å². The molecule has 0 aliphatic heterocycles. The van der Waals surface area contributed by atoms with Gasteiger partial charge in [0, 0.05) is 45.2 Å². The Bertz CT molecular complexity index is 1890. The van der Waals surface area contributed by atoms with Gasteiger partial charge >= 0.3 is 6.01 Å². The van der Waals surface area contributed by atoms with E-state index in [0.29, 0.717) is 43.1 Å². The van der Waals surface area contributed by atoms with Crippen LogP contribution in [0.25, 0.3) is 31.7 Å². The van der Waals surface area contributed by atoms with Crippen LogP contribution in [0.1, 0.15) is 28.5 Å². The van der Waals surface area contributed by atoms with Crippen molar-refractivity contribution in [2.75, 3.05) is 11.1 Å². The molecule has 0 aliphatic rings. The molecule has 11 heteroatoms. The van der Waals surface area contributed by atoms with Crippen LogP contribution in [0, 0.1) is 18.3 Å². The molecule has 0 atom stereocenters. The zero-order valence-electron chi connectivity index (χ0n) is 22.0. The van der Waals surface area contributed by atoms with Crippen LogP contribution in [-0.2, 0) is 4.79 Å². The number of allylic oxidation sites excluding steroid dienone is 1. The van der Waals surface area contributed by atoms with Crippen molar-refractivity contribution in [1.29, 1.82) is 5.26 Å². The molecule has 41 heavy (non-hydrogen) atoms. The number of aromatic nitrogens is 3. The summed E-state index contributed by atoms with van der Waals surface area (Å²) in [6, 6.07) is 16.5. The number of pyridine rings is 1. The normalized spacial score (nSPS) is 11.0. The van der Waals surface area contributed by atoms with E-state index in [1.165, 1.54) is 23.6 Å². The van der Waals surface area contributed by atoms with Gasteiger partial charge in [0.2, 0.25) is 5.91 Å². The summed E-state index contributed by atoms with van der Waals surface area (Å²) in [6.07, 6.45) is 5.99. The highest BCUT2D eigenvalue weighted by Gasteiger charge is 2.24. The third kappa shape index (κ3) is 5.45. The van der Waals surface area contributed by atoms with E-state index >= 15 is 0 Å². The SMILES string of the molecule is CC=CC(=O)Nc1ccc(-c2sc3c(C(N)=O)cnc(N)c3c2-c2ccc(Oc3nccc(C)n3)cc2)c(C#N)c1. The first-order chi connectivity index (χ1) is 19.8. The molecule has 10 nitrogen and oxygen atoms in total. The van der Waals surface area contributed by atoms with Gasteiger partial charge in [0.05, 0.1) is 21.9 Å². The topological polar surface area (TPSA) is 170 Å². The Balaban J connectivity index is 1.67. The maximum absolute atomic E-state index is 12.3. The van der Waals surface area contributed by atoms with Gasteiger partial charge in [-0.25, -0.2) is 15.0 Å². The Kier molecular flexibility index (Phi) is 7.41. The smallest absolute Gasteiger partial charge is 0.322 e. The van der Waals surface area contributed by atoms with Gasteiger partial charge < -0.3 is 21.5 Å². The second-order valence-corrected chi connectivity index (χ2v) is 9.92. The van der Waals surface area contributed by atoms with Crippen LogP contribution in [-0.4, -0.2) is 26.8 Å². The molecule has 0 fully saturated rings. The van der Waals surface area contributed by atoms with E-state index < -0.39 is 5.91 Å². The van der Waals surface area contributed by atoms with Gasteiger partial charge in [-0.15, -0.1) is 11.3 Å². The minimum absolute atomic E-state index is 0.213. The average Bonchev–Trinajstić information content (AvgIpc) is 3.34. The number of carbonyl (C=O) groups excluding carboxylic acids is 2. The third-order valence-electron chi connectivity index (χ3n) is 6.10. The molecule has 3 heterocycles. The van der Waals surface area contributed by atoms with Crippen molar-refractivity contribution in [2.24, 2.45) is 5.73 Å². The molecule has 0 saturated heterocycles. The van der Waals surface area contributed by atoms with Crippen molar-refractivity contribution in [3.8, 4) is 39.4 Å². The molecule has 202 valence electrons. The van der Waals surface area contributed by atoms with Crippen LogP contribution in [0.4, 0.5) is 11.5 Å².